The number of thiazole rings is 1. The number of nitrogens with one attached hydrogen (secondary N) is 2. The molecule has 0 radical (unpaired) electrons. The zero-order valence-electron chi connectivity index (χ0n) is 21.0. The predicted octanol–water partition coefficient (Wildman–Crippen LogP) is 3.37. The minimum atomic E-state index is -1.12. The van der Waals surface area contributed by atoms with Crippen molar-refractivity contribution >= 4 is 45.1 Å². The molecule has 1 aliphatic heterocycles. The third kappa shape index (κ3) is 5.04. The summed E-state index contributed by atoms with van der Waals surface area (Å²) in [6.07, 6.45) is 2.22. The van der Waals surface area contributed by atoms with Crippen LogP contribution in [0.15, 0.2) is 12.3 Å². The van der Waals surface area contributed by atoms with Crippen LogP contribution in [0.1, 0.15) is 44.5 Å². The highest BCUT2D eigenvalue weighted by atomic mass is 32.2. The number of anilines is 2. The SMILES string of the molecule is Cc1nc(NC2CCSCC2)nc(N[C@@H]2C[C@H](C(C)(C)O)[C@@H](O)[C@H]2O)c1-c1nc2c(C)nccc2s1. The minimum absolute atomic E-state index is 0.319. The second-order valence-electron chi connectivity index (χ2n) is 10.4. The van der Waals surface area contributed by atoms with Crippen molar-refractivity contribution in [1.29, 1.82) is 0 Å². The molecule has 0 aromatic carbocycles. The van der Waals surface area contributed by atoms with Crippen molar-refractivity contribution in [3.63, 3.8) is 0 Å². The molecule has 0 amide bonds. The summed E-state index contributed by atoms with van der Waals surface area (Å²) in [5, 5.41) is 39.7. The van der Waals surface area contributed by atoms with Crippen molar-refractivity contribution < 1.29 is 15.3 Å². The number of pyridine rings is 1. The van der Waals surface area contributed by atoms with Gasteiger partial charge in [-0.15, -0.1) is 11.3 Å². The van der Waals surface area contributed by atoms with E-state index in [1.807, 2.05) is 31.7 Å². The number of nitrogens with zero attached hydrogens (tertiary/aromatic N) is 4. The zero-order valence-corrected chi connectivity index (χ0v) is 22.7. The van der Waals surface area contributed by atoms with Gasteiger partial charge in [0.1, 0.15) is 22.4 Å². The molecule has 3 aromatic rings. The normalized spacial score (nSPS) is 25.4. The maximum Gasteiger partial charge on any atom is 0.225 e. The van der Waals surface area contributed by atoms with Crippen LogP contribution in [0.2, 0.25) is 0 Å². The lowest BCUT2D eigenvalue weighted by Gasteiger charge is -2.28. The number of fused-ring (bicyclic) bond motifs is 1. The van der Waals surface area contributed by atoms with E-state index in [1.54, 1.807) is 31.4 Å². The van der Waals surface area contributed by atoms with Gasteiger partial charge in [-0.3, -0.25) is 4.98 Å². The van der Waals surface area contributed by atoms with Crippen molar-refractivity contribution in [2.75, 3.05) is 22.1 Å². The van der Waals surface area contributed by atoms with E-state index in [0.29, 0.717) is 24.2 Å². The van der Waals surface area contributed by atoms with E-state index in [1.165, 1.54) is 0 Å². The minimum Gasteiger partial charge on any atom is -0.390 e. The lowest BCUT2D eigenvalue weighted by atomic mass is 9.88. The molecular formula is C25H34N6O3S2. The van der Waals surface area contributed by atoms with Crippen molar-refractivity contribution in [2.45, 2.75) is 76.9 Å². The van der Waals surface area contributed by atoms with Crippen LogP contribution >= 0.6 is 23.1 Å². The molecule has 2 aliphatic rings. The van der Waals surface area contributed by atoms with Crippen molar-refractivity contribution in [2.24, 2.45) is 5.92 Å². The first-order valence-corrected chi connectivity index (χ1v) is 14.4. The van der Waals surface area contributed by atoms with Gasteiger partial charge in [-0.05, 0) is 64.5 Å². The number of aromatic nitrogens is 4. The van der Waals surface area contributed by atoms with Crippen LogP contribution in [0, 0.1) is 19.8 Å². The summed E-state index contributed by atoms with van der Waals surface area (Å²) < 4.78 is 1.03. The van der Waals surface area contributed by atoms with Crippen LogP contribution in [0.5, 0.6) is 0 Å². The fraction of sp³-hybridized carbons (Fsp3) is 0.600. The molecule has 194 valence electrons. The molecule has 11 heteroatoms. The van der Waals surface area contributed by atoms with Gasteiger partial charge in [0, 0.05) is 18.2 Å². The molecule has 0 unspecified atom stereocenters. The second kappa shape index (κ2) is 10.0. The summed E-state index contributed by atoms with van der Waals surface area (Å²) in [6.45, 7) is 7.22. The summed E-state index contributed by atoms with van der Waals surface area (Å²) >= 11 is 3.52. The van der Waals surface area contributed by atoms with E-state index in [-0.39, 0.29) is 0 Å². The van der Waals surface area contributed by atoms with Crippen LogP contribution in [-0.2, 0) is 0 Å². The van der Waals surface area contributed by atoms with Gasteiger partial charge in [-0.1, -0.05) is 0 Å². The largest absolute Gasteiger partial charge is 0.390 e. The highest BCUT2D eigenvalue weighted by molar-refractivity contribution is 7.99. The van der Waals surface area contributed by atoms with E-state index in [2.05, 4.69) is 15.6 Å². The third-order valence-electron chi connectivity index (χ3n) is 7.26. The van der Waals surface area contributed by atoms with E-state index >= 15 is 0 Å². The molecule has 4 atom stereocenters. The fourth-order valence-corrected chi connectivity index (χ4v) is 7.38. The molecule has 1 saturated carbocycles. The average Bonchev–Trinajstić information content (AvgIpc) is 3.37. The Balaban J connectivity index is 1.54. The molecule has 5 N–H and O–H groups in total. The third-order valence-corrected chi connectivity index (χ3v) is 9.35. The van der Waals surface area contributed by atoms with Gasteiger partial charge in [-0.2, -0.15) is 16.7 Å². The topological polar surface area (TPSA) is 136 Å². The summed E-state index contributed by atoms with van der Waals surface area (Å²) in [6, 6.07) is 1.79. The van der Waals surface area contributed by atoms with Gasteiger partial charge >= 0.3 is 0 Å². The molecule has 0 bridgehead atoms. The molecule has 5 rings (SSSR count). The summed E-state index contributed by atoms with van der Waals surface area (Å²) in [7, 11) is 0. The Bertz CT molecular complexity index is 1240. The quantitative estimate of drug-likeness (QED) is 0.323. The van der Waals surface area contributed by atoms with E-state index < -0.39 is 29.8 Å². The lowest BCUT2D eigenvalue weighted by molar-refractivity contribution is -0.0601. The molecule has 3 aromatic heterocycles. The van der Waals surface area contributed by atoms with E-state index in [4.69, 9.17) is 15.0 Å². The Kier molecular flexibility index (Phi) is 7.12. The zero-order chi connectivity index (χ0) is 25.6. The van der Waals surface area contributed by atoms with Gasteiger partial charge in [-0.25, -0.2) is 9.97 Å². The smallest absolute Gasteiger partial charge is 0.225 e. The van der Waals surface area contributed by atoms with Gasteiger partial charge in [0.2, 0.25) is 5.95 Å². The molecule has 1 saturated heterocycles. The Morgan fingerprint density at radius 2 is 1.75 bits per heavy atom. The second-order valence-corrected chi connectivity index (χ2v) is 12.6. The van der Waals surface area contributed by atoms with E-state index in [0.717, 1.165) is 56.5 Å². The lowest BCUT2D eigenvalue weighted by Crippen LogP contribution is -2.40. The van der Waals surface area contributed by atoms with Gasteiger partial charge in [0.05, 0.1) is 39.4 Å². The summed E-state index contributed by atoms with van der Waals surface area (Å²) in [5.74, 6) is 2.87. The molecule has 1 aliphatic carbocycles. The maximum absolute atomic E-state index is 10.9. The van der Waals surface area contributed by atoms with Crippen molar-refractivity contribution in [1.82, 2.24) is 19.9 Å². The first-order chi connectivity index (χ1) is 17.1. The monoisotopic (exact) mass is 530 g/mol. The number of thioether (sulfide) groups is 1. The predicted molar refractivity (Wildman–Crippen MR) is 146 cm³/mol. The van der Waals surface area contributed by atoms with Gasteiger partial charge in [0.25, 0.3) is 0 Å². The first kappa shape index (κ1) is 25.6. The Hall–Kier alpha value is -2.05. The van der Waals surface area contributed by atoms with Crippen LogP contribution in [0.4, 0.5) is 11.8 Å². The average molecular weight is 531 g/mol. The highest BCUT2D eigenvalue weighted by Gasteiger charge is 2.48. The Labute approximate surface area is 219 Å². The summed E-state index contributed by atoms with van der Waals surface area (Å²) in [4.78, 5) is 18.9. The Morgan fingerprint density at radius 1 is 1.00 bits per heavy atom. The van der Waals surface area contributed by atoms with E-state index in [9.17, 15) is 15.3 Å². The molecule has 9 nitrogen and oxygen atoms in total. The highest BCUT2D eigenvalue weighted by Crippen LogP contribution is 2.40. The Morgan fingerprint density at radius 3 is 2.42 bits per heavy atom. The van der Waals surface area contributed by atoms with Crippen LogP contribution in [0.25, 0.3) is 20.8 Å². The number of aryl methyl sites for hydroxylation is 2. The standard InChI is InChI=1S/C25H34N6O3S2/c1-12-18(23-30-19-13(2)26-8-5-17(19)36-23)22(31-24(27-12)28-14-6-9-35-10-7-14)29-16-11-15(25(3,4)34)20(32)21(16)33/h5,8,14-16,20-21,32-34H,6-7,9-11H2,1-4H3,(H2,27,28,29,31)/t15-,16+,20+,21-/m0/s1. The summed E-state index contributed by atoms with van der Waals surface area (Å²) in [5.41, 5.74) is 2.14. The molecule has 0 spiro atoms. The van der Waals surface area contributed by atoms with Crippen LogP contribution < -0.4 is 10.6 Å². The van der Waals surface area contributed by atoms with Crippen LogP contribution in [0.3, 0.4) is 0 Å². The molecule has 36 heavy (non-hydrogen) atoms. The number of rotatable bonds is 6. The first-order valence-electron chi connectivity index (χ1n) is 12.4. The van der Waals surface area contributed by atoms with Crippen LogP contribution in [-0.4, -0.2) is 76.7 Å². The molecule has 4 heterocycles. The number of hydrogen-bond donors (Lipinski definition) is 5. The van der Waals surface area contributed by atoms with Crippen molar-refractivity contribution in [3.8, 4) is 10.6 Å². The molecular weight excluding hydrogens is 496 g/mol. The number of aliphatic hydroxyl groups is 3. The maximum atomic E-state index is 10.9. The fourth-order valence-electron chi connectivity index (χ4n) is 5.17. The van der Waals surface area contributed by atoms with Gasteiger partial charge in [0.15, 0.2) is 0 Å². The molecule has 2 fully saturated rings. The van der Waals surface area contributed by atoms with Crippen molar-refractivity contribution in [3.05, 3.63) is 23.7 Å². The number of aliphatic hydroxyl groups excluding tert-OH is 2. The van der Waals surface area contributed by atoms with Gasteiger partial charge < -0.3 is 26.0 Å². The number of hydrogen-bond acceptors (Lipinski definition) is 11.